The number of hydrogen-bond donors (Lipinski definition) is 3. The highest BCUT2D eigenvalue weighted by molar-refractivity contribution is 5.64. The second-order valence-electron chi connectivity index (χ2n) is 7.16. The summed E-state index contributed by atoms with van der Waals surface area (Å²) in [5.41, 5.74) is 2.37. The maximum atomic E-state index is 11.0. The second-order valence-corrected chi connectivity index (χ2v) is 7.16. The maximum absolute atomic E-state index is 11.0. The van der Waals surface area contributed by atoms with E-state index < -0.39 is 4.92 Å². The first-order valence-electron chi connectivity index (χ1n) is 9.60. The molecule has 1 atom stereocenters. The summed E-state index contributed by atoms with van der Waals surface area (Å²) >= 11 is 0. The van der Waals surface area contributed by atoms with Crippen LogP contribution in [0.4, 0.5) is 17.5 Å². The third kappa shape index (κ3) is 5.48. The Hall–Kier alpha value is -3.59. The Bertz CT molecular complexity index is 997. The van der Waals surface area contributed by atoms with Gasteiger partial charge in [0.1, 0.15) is 5.82 Å². The number of nitro groups is 1. The minimum Gasteiger partial charge on any atom is -0.394 e. The minimum atomic E-state index is -0.418. The summed E-state index contributed by atoms with van der Waals surface area (Å²) in [4.78, 5) is 23.7. The van der Waals surface area contributed by atoms with E-state index in [1.54, 1.807) is 24.5 Å². The summed E-state index contributed by atoms with van der Waals surface area (Å²) in [6.07, 6.45) is 3.37. The number of nitrogens with zero attached hydrogens (tertiary/aromatic N) is 4. The van der Waals surface area contributed by atoms with E-state index in [1.165, 1.54) is 12.1 Å². The Kier molecular flexibility index (Phi) is 6.87. The number of aliphatic hydroxyl groups is 1. The third-order valence-electron chi connectivity index (χ3n) is 4.61. The van der Waals surface area contributed by atoms with Crippen molar-refractivity contribution in [2.75, 3.05) is 17.2 Å². The fraction of sp³-hybridized carbons (Fsp3) is 0.286. The zero-order valence-electron chi connectivity index (χ0n) is 16.8. The Morgan fingerprint density at radius 1 is 1.13 bits per heavy atom. The molecule has 9 heteroatoms. The van der Waals surface area contributed by atoms with Crippen molar-refractivity contribution in [1.29, 1.82) is 0 Å². The monoisotopic (exact) mass is 408 g/mol. The number of pyridine rings is 1. The van der Waals surface area contributed by atoms with E-state index in [0.29, 0.717) is 24.0 Å². The van der Waals surface area contributed by atoms with Gasteiger partial charge >= 0.3 is 0 Å². The normalized spacial score (nSPS) is 11.9. The van der Waals surface area contributed by atoms with Crippen LogP contribution in [-0.2, 0) is 6.54 Å². The van der Waals surface area contributed by atoms with Crippen molar-refractivity contribution >= 4 is 17.5 Å². The first kappa shape index (κ1) is 21.1. The van der Waals surface area contributed by atoms with Crippen LogP contribution in [0.5, 0.6) is 0 Å². The van der Waals surface area contributed by atoms with Crippen molar-refractivity contribution in [3.05, 3.63) is 70.5 Å². The molecule has 30 heavy (non-hydrogen) atoms. The van der Waals surface area contributed by atoms with Crippen LogP contribution in [-0.4, -0.2) is 37.6 Å². The zero-order valence-corrected chi connectivity index (χ0v) is 16.8. The largest absolute Gasteiger partial charge is 0.394 e. The van der Waals surface area contributed by atoms with Crippen LogP contribution in [0.3, 0.4) is 0 Å². The Morgan fingerprint density at radius 3 is 2.57 bits per heavy atom. The molecule has 3 N–H and O–H groups in total. The molecule has 0 aliphatic heterocycles. The number of aromatic nitrogens is 3. The predicted octanol–water partition coefficient (Wildman–Crippen LogP) is 3.49. The highest BCUT2D eigenvalue weighted by Crippen LogP contribution is 2.22. The molecule has 0 spiro atoms. The third-order valence-corrected chi connectivity index (χ3v) is 4.61. The lowest BCUT2D eigenvalue weighted by molar-refractivity contribution is -0.384. The number of anilines is 2. The van der Waals surface area contributed by atoms with Crippen LogP contribution in [0.1, 0.15) is 19.4 Å². The average Bonchev–Trinajstić information content (AvgIpc) is 2.76. The van der Waals surface area contributed by atoms with Crippen LogP contribution >= 0.6 is 0 Å². The number of nitrogens with one attached hydrogen (secondary N) is 2. The summed E-state index contributed by atoms with van der Waals surface area (Å²) < 4.78 is 0. The van der Waals surface area contributed by atoms with Crippen LogP contribution in [0.15, 0.2) is 54.9 Å². The smallest absolute Gasteiger partial charge is 0.269 e. The lowest BCUT2D eigenvalue weighted by Gasteiger charge is -2.20. The SMILES string of the molecule is CC(C)[C@@H](CO)Nc1nc(NCc2cccc([N+](=O)[O-])c2)cc(-c2ccncc2)n1. The van der Waals surface area contributed by atoms with E-state index in [9.17, 15) is 15.2 Å². The van der Waals surface area contributed by atoms with E-state index in [-0.39, 0.29) is 24.3 Å². The summed E-state index contributed by atoms with van der Waals surface area (Å²) in [5.74, 6) is 1.13. The van der Waals surface area contributed by atoms with Gasteiger partial charge in [-0.15, -0.1) is 0 Å². The first-order valence-corrected chi connectivity index (χ1v) is 9.60. The van der Waals surface area contributed by atoms with Gasteiger partial charge in [-0.3, -0.25) is 15.1 Å². The molecular formula is C21H24N6O3. The van der Waals surface area contributed by atoms with E-state index in [1.807, 2.05) is 32.0 Å². The van der Waals surface area contributed by atoms with E-state index in [2.05, 4.69) is 25.6 Å². The van der Waals surface area contributed by atoms with Gasteiger partial charge in [-0.05, 0) is 23.6 Å². The quantitative estimate of drug-likeness (QED) is 0.363. The molecule has 0 saturated heterocycles. The number of nitro benzene ring substituents is 1. The van der Waals surface area contributed by atoms with Gasteiger partial charge in [0, 0.05) is 42.7 Å². The van der Waals surface area contributed by atoms with Gasteiger partial charge in [-0.25, -0.2) is 4.98 Å². The average molecular weight is 408 g/mol. The van der Waals surface area contributed by atoms with Gasteiger partial charge in [0.05, 0.1) is 23.3 Å². The van der Waals surface area contributed by atoms with Gasteiger partial charge in [0.2, 0.25) is 5.95 Å². The van der Waals surface area contributed by atoms with Crippen LogP contribution in [0.2, 0.25) is 0 Å². The van der Waals surface area contributed by atoms with Gasteiger partial charge in [-0.2, -0.15) is 4.98 Å². The zero-order chi connectivity index (χ0) is 21.5. The molecule has 3 aromatic rings. The fourth-order valence-corrected chi connectivity index (χ4v) is 2.83. The van der Waals surface area contributed by atoms with Crippen molar-refractivity contribution < 1.29 is 10.0 Å². The molecule has 156 valence electrons. The molecule has 0 radical (unpaired) electrons. The van der Waals surface area contributed by atoms with Crippen molar-refractivity contribution in [2.45, 2.75) is 26.4 Å². The summed E-state index contributed by atoms with van der Waals surface area (Å²) in [5, 5.41) is 27.0. The molecule has 0 aliphatic rings. The number of rotatable bonds is 9. The molecule has 1 aromatic carbocycles. The molecule has 9 nitrogen and oxygen atoms in total. The topological polar surface area (TPSA) is 126 Å². The number of hydrogen-bond acceptors (Lipinski definition) is 8. The Morgan fingerprint density at radius 2 is 1.90 bits per heavy atom. The van der Waals surface area contributed by atoms with Gasteiger partial charge in [-0.1, -0.05) is 26.0 Å². The lowest BCUT2D eigenvalue weighted by Crippen LogP contribution is -2.30. The van der Waals surface area contributed by atoms with E-state index in [0.717, 1.165) is 11.1 Å². The molecule has 3 rings (SSSR count). The molecule has 0 saturated carbocycles. The van der Waals surface area contributed by atoms with Gasteiger partial charge in [0.25, 0.3) is 5.69 Å². The summed E-state index contributed by atoms with van der Waals surface area (Å²) in [6, 6.07) is 11.8. The minimum absolute atomic E-state index is 0.0412. The number of aliphatic hydroxyl groups excluding tert-OH is 1. The Balaban J connectivity index is 1.87. The molecule has 2 heterocycles. The molecule has 0 fully saturated rings. The molecule has 0 unspecified atom stereocenters. The summed E-state index contributed by atoms with van der Waals surface area (Å²) in [7, 11) is 0. The van der Waals surface area contributed by atoms with Gasteiger partial charge in [0.15, 0.2) is 0 Å². The van der Waals surface area contributed by atoms with Crippen LogP contribution in [0.25, 0.3) is 11.3 Å². The summed E-state index contributed by atoms with van der Waals surface area (Å²) in [6.45, 7) is 4.32. The molecule has 2 aromatic heterocycles. The lowest BCUT2D eigenvalue weighted by atomic mass is 10.1. The van der Waals surface area contributed by atoms with Crippen LogP contribution < -0.4 is 10.6 Å². The number of non-ortho nitro benzene ring substituents is 1. The van der Waals surface area contributed by atoms with Crippen molar-refractivity contribution in [2.24, 2.45) is 5.92 Å². The van der Waals surface area contributed by atoms with E-state index in [4.69, 9.17) is 0 Å². The predicted molar refractivity (Wildman–Crippen MR) is 115 cm³/mol. The van der Waals surface area contributed by atoms with Crippen LogP contribution in [0, 0.1) is 16.0 Å². The molecule has 0 bridgehead atoms. The molecule has 0 amide bonds. The number of benzene rings is 1. The van der Waals surface area contributed by atoms with Crippen molar-refractivity contribution in [1.82, 2.24) is 15.0 Å². The Labute approximate surface area is 174 Å². The van der Waals surface area contributed by atoms with Crippen molar-refractivity contribution in [3.63, 3.8) is 0 Å². The highest BCUT2D eigenvalue weighted by Gasteiger charge is 2.15. The van der Waals surface area contributed by atoms with Gasteiger partial charge < -0.3 is 15.7 Å². The van der Waals surface area contributed by atoms with E-state index >= 15 is 0 Å². The molecule has 0 aliphatic carbocycles. The molecular weight excluding hydrogens is 384 g/mol. The second kappa shape index (κ2) is 9.75. The fourth-order valence-electron chi connectivity index (χ4n) is 2.83. The maximum Gasteiger partial charge on any atom is 0.269 e. The standard InChI is InChI=1S/C21H24N6O3/c1-14(2)19(13-28)25-21-24-18(16-6-8-22-9-7-16)11-20(26-21)23-12-15-4-3-5-17(10-15)27(29)30/h3-11,14,19,28H,12-13H2,1-2H3,(H2,23,24,25,26)/t19-/m1/s1. The highest BCUT2D eigenvalue weighted by atomic mass is 16.6. The van der Waals surface area contributed by atoms with Crippen molar-refractivity contribution in [3.8, 4) is 11.3 Å². The first-order chi connectivity index (χ1) is 14.5.